The van der Waals surface area contributed by atoms with Crippen molar-refractivity contribution in [3.63, 3.8) is 0 Å². The van der Waals surface area contributed by atoms with Crippen molar-refractivity contribution in [2.24, 2.45) is 0 Å². The molecule has 1 atom stereocenters. The van der Waals surface area contributed by atoms with Gasteiger partial charge in [-0.1, -0.05) is 72.0 Å². The minimum atomic E-state index is -4.11. The molecule has 2 N–H and O–H groups in total. The van der Waals surface area contributed by atoms with Gasteiger partial charge in [0.1, 0.15) is 4.70 Å². The third-order valence-electron chi connectivity index (χ3n) is 7.19. The smallest absolute Gasteiger partial charge is 0.301 e. The molecule has 222 valence electrons. The first kappa shape index (κ1) is 29.4. The zero-order valence-corrected chi connectivity index (χ0v) is 25.4. The predicted octanol–water partition coefficient (Wildman–Crippen LogP) is 6.03. The Morgan fingerprint density at radius 3 is 2.56 bits per heavy atom. The number of rotatable bonds is 11. The van der Waals surface area contributed by atoms with Gasteiger partial charge in [-0.05, 0) is 47.2 Å². The van der Waals surface area contributed by atoms with Gasteiger partial charge in [0.25, 0.3) is 15.1 Å². The second-order valence-corrected chi connectivity index (χ2v) is 13.3. The van der Waals surface area contributed by atoms with Crippen molar-refractivity contribution in [3.8, 4) is 16.9 Å². The van der Waals surface area contributed by atoms with Crippen molar-refractivity contribution in [3.05, 3.63) is 95.8 Å². The summed E-state index contributed by atoms with van der Waals surface area (Å²) in [6.07, 6.45) is 2.64. The van der Waals surface area contributed by atoms with Crippen LogP contribution in [0, 0.1) is 0 Å². The second kappa shape index (κ2) is 12.5. The Kier molecular flexibility index (Phi) is 8.57. The lowest BCUT2D eigenvalue weighted by molar-refractivity contribution is -0.667. The molecule has 1 aliphatic rings. The van der Waals surface area contributed by atoms with Crippen LogP contribution in [0.1, 0.15) is 17.8 Å². The lowest BCUT2D eigenvalue weighted by Gasteiger charge is -2.18. The third kappa shape index (κ3) is 6.64. The van der Waals surface area contributed by atoms with E-state index < -0.39 is 21.5 Å². The molecule has 0 fully saturated rings. The third-order valence-corrected chi connectivity index (χ3v) is 9.46. The molecule has 12 heteroatoms. The molecule has 2 heterocycles. The van der Waals surface area contributed by atoms with E-state index >= 15 is 0 Å². The van der Waals surface area contributed by atoms with Crippen LogP contribution in [0.25, 0.3) is 38.2 Å². The number of aryl methyl sites for hydroxylation is 1. The van der Waals surface area contributed by atoms with E-state index in [1.54, 1.807) is 11.3 Å². The number of fused-ring (bicyclic) bond motifs is 4. The summed E-state index contributed by atoms with van der Waals surface area (Å²) >= 11 is -0.776. The molecular weight excluding hydrogens is 609 g/mol. The van der Waals surface area contributed by atoms with Gasteiger partial charge in [0, 0.05) is 13.0 Å². The van der Waals surface area contributed by atoms with E-state index in [1.165, 1.54) is 0 Å². The normalized spacial score (nSPS) is 14.8. The van der Waals surface area contributed by atoms with Gasteiger partial charge < -0.3 is 9.64 Å². The summed E-state index contributed by atoms with van der Waals surface area (Å²) in [6, 6.07) is 28.2. The zero-order chi connectivity index (χ0) is 30.0. The number of aromatic nitrogens is 1. The molecule has 0 saturated carbocycles. The zero-order valence-electron chi connectivity index (χ0n) is 23.0. The lowest BCUT2D eigenvalue weighted by Crippen LogP contribution is -2.36. The van der Waals surface area contributed by atoms with Crippen LogP contribution in [0.4, 0.5) is 5.69 Å². The number of nitrogens with zero attached hydrogens (tertiary/aromatic N) is 2. The number of thiazole rings is 1. The first-order chi connectivity index (χ1) is 20.8. The minimum absolute atomic E-state index is 0.0884. The quantitative estimate of drug-likeness (QED) is 0.0781. The highest BCUT2D eigenvalue weighted by atomic mass is 32.2. The molecular formula is C31H29N2O7S3+. The number of ether oxygens (including phenoxy) is 1. The van der Waals surface area contributed by atoms with Crippen molar-refractivity contribution >= 4 is 65.6 Å². The second-order valence-electron chi connectivity index (χ2n) is 10.0. The van der Waals surface area contributed by atoms with Gasteiger partial charge in [0.05, 0.1) is 29.5 Å². The first-order valence-electron chi connectivity index (χ1n) is 13.7. The Morgan fingerprint density at radius 1 is 0.977 bits per heavy atom. The van der Waals surface area contributed by atoms with E-state index in [-0.39, 0.29) is 18.8 Å². The highest BCUT2D eigenvalue weighted by Gasteiger charge is 2.30. The molecule has 0 amide bonds. The van der Waals surface area contributed by atoms with E-state index in [9.17, 15) is 17.2 Å². The van der Waals surface area contributed by atoms with Crippen LogP contribution < -0.4 is 14.2 Å². The fourth-order valence-corrected chi connectivity index (χ4v) is 7.20. The van der Waals surface area contributed by atoms with Crippen LogP contribution in [0.5, 0.6) is 5.75 Å². The largest absolute Gasteiger partial charge is 0.438 e. The highest BCUT2D eigenvalue weighted by molar-refractivity contribution is 7.85. The molecule has 1 unspecified atom stereocenters. The van der Waals surface area contributed by atoms with Crippen LogP contribution in [-0.4, -0.2) is 40.6 Å². The monoisotopic (exact) mass is 637 g/mol. The van der Waals surface area contributed by atoms with Crippen LogP contribution in [0.3, 0.4) is 0 Å². The number of benzene rings is 4. The molecule has 1 aromatic heterocycles. The lowest BCUT2D eigenvalue weighted by atomic mass is 10.0. The average molecular weight is 638 g/mol. The maximum absolute atomic E-state index is 11.5. The molecule has 0 bridgehead atoms. The Labute approximate surface area is 255 Å². The summed E-state index contributed by atoms with van der Waals surface area (Å²) in [5.41, 5.74) is 3.94. The van der Waals surface area contributed by atoms with Crippen LogP contribution in [0.15, 0.2) is 90.8 Å². The van der Waals surface area contributed by atoms with Gasteiger partial charge in [0.2, 0.25) is 11.4 Å². The molecule has 0 aliphatic carbocycles. The van der Waals surface area contributed by atoms with Crippen molar-refractivity contribution in [1.82, 2.24) is 0 Å². The summed E-state index contributed by atoms with van der Waals surface area (Å²) in [5.74, 6) is 0.910. The molecule has 0 saturated heterocycles. The Morgan fingerprint density at radius 2 is 1.77 bits per heavy atom. The highest BCUT2D eigenvalue weighted by Crippen LogP contribution is 2.42. The topological polar surface area (TPSA) is 117 Å². The molecule has 0 spiro atoms. The Balaban J connectivity index is 1.43. The van der Waals surface area contributed by atoms with Crippen LogP contribution >= 0.6 is 11.3 Å². The van der Waals surface area contributed by atoms with E-state index in [0.717, 1.165) is 42.8 Å². The fourth-order valence-electron chi connectivity index (χ4n) is 5.32. The SMILES string of the molecule is O=S(O)OCCCN1C(=Cc2sc3ccc4ccccc4c3[n+]2CCCS(=O)(=O)O)Oc2ccc(-c3ccccc3)cc21. The van der Waals surface area contributed by atoms with Crippen molar-refractivity contribution in [2.45, 2.75) is 19.4 Å². The molecule has 1 aliphatic heterocycles. The summed E-state index contributed by atoms with van der Waals surface area (Å²) in [4.78, 5) is 2.02. The van der Waals surface area contributed by atoms with Gasteiger partial charge in [-0.2, -0.15) is 17.2 Å². The minimum Gasteiger partial charge on any atom is -0.438 e. The van der Waals surface area contributed by atoms with Gasteiger partial charge in [-0.3, -0.25) is 13.3 Å². The summed E-state index contributed by atoms with van der Waals surface area (Å²) in [7, 11) is -4.11. The number of hydrogen-bond donors (Lipinski definition) is 2. The van der Waals surface area contributed by atoms with E-state index in [1.807, 2.05) is 77.7 Å². The number of hydrogen-bond acceptors (Lipinski definition) is 7. The predicted molar refractivity (Wildman–Crippen MR) is 170 cm³/mol. The summed E-state index contributed by atoms with van der Waals surface area (Å²) in [6.45, 7) is 0.921. The van der Waals surface area contributed by atoms with Crippen molar-refractivity contribution in [1.29, 1.82) is 0 Å². The molecule has 4 aromatic carbocycles. The van der Waals surface area contributed by atoms with Crippen LogP contribution in [-0.2, 0) is 32.2 Å². The standard InChI is InChI=1S/C31H28N2O7S3/c34-42(35)39-18-6-16-32-26-20-24(22-8-2-1-3-9-22)12-14-27(26)40-29(32)21-30-33(17-7-19-43(36,37)38)31-25-11-5-4-10-23(25)13-15-28(31)41-30/h1-5,8-15,20-21H,6-7,16-19H2,(H-,34,35,36,37,38)/p+1. The van der Waals surface area contributed by atoms with Crippen LogP contribution in [0.2, 0.25) is 0 Å². The summed E-state index contributed by atoms with van der Waals surface area (Å²) in [5, 5.41) is 2.96. The molecule has 5 aromatic rings. The van der Waals surface area contributed by atoms with Crippen molar-refractivity contribution < 1.29 is 35.2 Å². The van der Waals surface area contributed by atoms with Gasteiger partial charge in [-0.15, -0.1) is 0 Å². The van der Waals surface area contributed by atoms with E-state index in [0.29, 0.717) is 31.1 Å². The number of anilines is 1. The van der Waals surface area contributed by atoms with E-state index in [4.69, 9.17) is 13.5 Å². The average Bonchev–Trinajstić information content (AvgIpc) is 3.52. The van der Waals surface area contributed by atoms with Gasteiger partial charge in [-0.25, -0.2) is 0 Å². The van der Waals surface area contributed by atoms with E-state index in [2.05, 4.69) is 22.8 Å². The van der Waals surface area contributed by atoms with Crippen molar-refractivity contribution in [2.75, 3.05) is 23.8 Å². The molecule has 0 radical (unpaired) electrons. The maximum atomic E-state index is 11.5. The van der Waals surface area contributed by atoms with Gasteiger partial charge in [0.15, 0.2) is 12.3 Å². The Hall–Kier alpha value is -3.65. The molecule has 43 heavy (non-hydrogen) atoms. The molecule has 6 rings (SSSR count). The fraction of sp³-hybridized carbons (Fsp3) is 0.194. The Bertz CT molecular complexity index is 1960. The first-order valence-corrected chi connectivity index (χ1v) is 17.1. The van der Waals surface area contributed by atoms with Gasteiger partial charge >= 0.3 is 11.4 Å². The summed E-state index contributed by atoms with van der Waals surface area (Å²) < 4.78 is 66.9. The molecule has 9 nitrogen and oxygen atoms in total. The maximum Gasteiger partial charge on any atom is 0.301 e.